The van der Waals surface area contributed by atoms with Crippen molar-refractivity contribution >= 4 is 54.1 Å². The fraction of sp³-hybridized carbons (Fsp3) is 0.222. The van der Waals surface area contributed by atoms with Crippen molar-refractivity contribution in [2.24, 2.45) is 0 Å². The molecule has 0 bridgehead atoms. The molecular weight excluding hydrogens is 458 g/mol. The van der Waals surface area contributed by atoms with Gasteiger partial charge in [0, 0.05) is 42.0 Å². The average Bonchev–Trinajstić information content (AvgIpc) is 3.14. The second-order valence-corrected chi connectivity index (χ2v) is 9.94. The van der Waals surface area contributed by atoms with E-state index < -0.39 is 9.84 Å². The summed E-state index contributed by atoms with van der Waals surface area (Å²) in [6, 6.07) is 5.79. The van der Waals surface area contributed by atoms with Gasteiger partial charge >= 0.3 is 0 Å². The van der Waals surface area contributed by atoms with Crippen LogP contribution < -0.4 is 10.6 Å². The van der Waals surface area contributed by atoms with E-state index in [1.165, 1.54) is 0 Å². The van der Waals surface area contributed by atoms with Gasteiger partial charge in [0.15, 0.2) is 21.1 Å². The van der Waals surface area contributed by atoms with Gasteiger partial charge < -0.3 is 10.6 Å². The van der Waals surface area contributed by atoms with Crippen molar-refractivity contribution in [2.75, 3.05) is 35.2 Å². The van der Waals surface area contributed by atoms with Gasteiger partial charge in [-0.1, -0.05) is 0 Å². The zero-order valence-electron chi connectivity index (χ0n) is 15.2. The Balaban J connectivity index is 1.65. The van der Waals surface area contributed by atoms with Crippen LogP contribution in [-0.2, 0) is 9.84 Å². The number of hydrogen-bond acceptors (Lipinski definition) is 8. The van der Waals surface area contributed by atoms with Crippen molar-refractivity contribution in [3.63, 3.8) is 0 Å². The highest BCUT2D eigenvalue weighted by molar-refractivity contribution is 9.10. The average molecular weight is 474 g/mol. The fourth-order valence-corrected chi connectivity index (χ4v) is 5.14. The minimum absolute atomic E-state index is 0.0971. The van der Waals surface area contributed by atoms with E-state index >= 15 is 0 Å². The molecule has 0 spiro atoms. The topological polar surface area (TPSA) is 119 Å². The lowest BCUT2D eigenvalue weighted by molar-refractivity contribution is 0.586. The molecule has 0 aromatic carbocycles. The van der Waals surface area contributed by atoms with Crippen molar-refractivity contribution < 1.29 is 8.42 Å². The number of halogens is 1. The molecule has 0 unspecified atom stereocenters. The molecule has 2 N–H and O–H groups in total. The minimum Gasteiger partial charge on any atom is -0.383 e. The zero-order valence-corrected chi connectivity index (χ0v) is 17.6. The van der Waals surface area contributed by atoms with Gasteiger partial charge in [0.2, 0.25) is 0 Å². The monoisotopic (exact) mass is 473 g/mol. The van der Waals surface area contributed by atoms with Crippen molar-refractivity contribution in [1.82, 2.24) is 24.6 Å². The van der Waals surface area contributed by atoms with E-state index in [1.807, 2.05) is 23.1 Å². The Morgan fingerprint density at radius 2 is 1.93 bits per heavy atom. The second kappa shape index (κ2) is 6.63. The number of hydrogen-bond donors (Lipinski definition) is 1. The SMILES string of the molecule is Nc1c(Br)c(N2CCS(=O)(=O)CC2)nc2c(-c3cnc4ncccc4c3)cnn12. The summed E-state index contributed by atoms with van der Waals surface area (Å²) in [4.78, 5) is 15.4. The molecule has 29 heavy (non-hydrogen) atoms. The third-order valence-corrected chi connectivity index (χ3v) is 7.38. The molecule has 0 atom stereocenters. The van der Waals surface area contributed by atoms with Gasteiger partial charge in [-0.2, -0.15) is 9.61 Å². The third-order valence-electron chi connectivity index (χ3n) is 5.01. The molecule has 0 saturated carbocycles. The van der Waals surface area contributed by atoms with Crippen LogP contribution in [0, 0.1) is 0 Å². The van der Waals surface area contributed by atoms with Crippen LogP contribution in [0.25, 0.3) is 27.8 Å². The summed E-state index contributed by atoms with van der Waals surface area (Å²) in [5.41, 5.74) is 9.19. The highest BCUT2D eigenvalue weighted by Crippen LogP contribution is 2.34. The van der Waals surface area contributed by atoms with Crippen LogP contribution in [0.4, 0.5) is 11.6 Å². The molecular formula is C18H16BrN7O2S. The van der Waals surface area contributed by atoms with Gasteiger partial charge in [-0.25, -0.2) is 23.4 Å². The summed E-state index contributed by atoms with van der Waals surface area (Å²) in [5, 5.41) is 5.30. The number of rotatable bonds is 2. The fourth-order valence-electron chi connectivity index (χ4n) is 3.43. The van der Waals surface area contributed by atoms with E-state index in [0.29, 0.717) is 40.5 Å². The number of aromatic nitrogens is 5. The maximum absolute atomic E-state index is 11.8. The van der Waals surface area contributed by atoms with Crippen LogP contribution in [0.1, 0.15) is 0 Å². The molecule has 0 aliphatic carbocycles. The van der Waals surface area contributed by atoms with Crippen LogP contribution >= 0.6 is 15.9 Å². The Kier molecular flexibility index (Phi) is 4.17. The Morgan fingerprint density at radius 3 is 2.72 bits per heavy atom. The Hall–Kier alpha value is -2.79. The molecule has 5 heterocycles. The van der Waals surface area contributed by atoms with Crippen molar-refractivity contribution in [3.05, 3.63) is 41.3 Å². The molecule has 4 aromatic rings. The lowest BCUT2D eigenvalue weighted by Gasteiger charge is -2.28. The van der Waals surface area contributed by atoms with E-state index in [2.05, 4.69) is 31.0 Å². The number of pyridine rings is 2. The molecule has 0 amide bonds. The maximum atomic E-state index is 11.8. The van der Waals surface area contributed by atoms with Crippen LogP contribution in [0.5, 0.6) is 0 Å². The largest absolute Gasteiger partial charge is 0.383 e. The van der Waals surface area contributed by atoms with Crippen molar-refractivity contribution in [2.45, 2.75) is 0 Å². The Bertz CT molecular complexity index is 1360. The Labute approximate surface area is 174 Å². The molecule has 9 nitrogen and oxygen atoms in total. The molecule has 1 aliphatic heterocycles. The molecule has 148 valence electrons. The summed E-state index contributed by atoms with van der Waals surface area (Å²) in [7, 11) is -3.00. The van der Waals surface area contributed by atoms with Gasteiger partial charge in [0.1, 0.15) is 16.1 Å². The minimum atomic E-state index is -3.00. The standard InChI is InChI=1S/C18H16BrN7O2S/c19-14-15(20)26-17(24-18(14)25-4-6-29(27,28)7-5-25)13(10-23-26)12-8-11-2-1-3-21-16(11)22-9-12/h1-3,8-10H,4-7,20H2. The summed E-state index contributed by atoms with van der Waals surface area (Å²) >= 11 is 3.50. The smallest absolute Gasteiger partial charge is 0.167 e. The quantitative estimate of drug-likeness (QED) is 0.468. The van der Waals surface area contributed by atoms with E-state index in [-0.39, 0.29) is 11.5 Å². The number of nitrogen functional groups attached to an aromatic ring is 1. The number of nitrogens with two attached hydrogens (primary N) is 1. The predicted molar refractivity (Wildman–Crippen MR) is 114 cm³/mol. The molecule has 4 aromatic heterocycles. The van der Waals surface area contributed by atoms with Gasteiger partial charge in [-0.05, 0) is 34.1 Å². The van der Waals surface area contributed by atoms with Crippen LogP contribution in [0.3, 0.4) is 0 Å². The van der Waals surface area contributed by atoms with Gasteiger partial charge in [0.25, 0.3) is 0 Å². The maximum Gasteiger partial charge on any atom is 0.167 e. The summed E-state index contributed by atoms with van der Waals surface area (Å²) in [6.07, 6.45) is 5.14. The Morgan fingerprint density at radius 1 is 1.14 bits per heavy atom. The zero-order chi connectivity index (χ0) is 20.2. The van der Waals surface area contributed by atoms with E-state index in [9.17, 15) is 8.42 Å². The lowest BCUT2D eigenvalue weighted by Crippen LogP contribution is -2.41. The molecule has 1 saturated heterocycles. The van der Waals surface area contributed by atoms with Crippen LogP contribution in [0.2, 0.25) is 0 Å². The first-order chi connectivity index (χ1) is 13.9. The molecule has 1 aliphatic rings. The van der Waals surface area contributed by atoms with Gasteiger partial charge in [-0.3, -0.25) is 0 Å². The van der Waals surface area contributed by atoms with E-state index in [4.69, 9.17) is 10.7 Å². The summed E-state index contributed by atoms with van der Waals surface area (Å²) in [5.74, 6) is 1.21. The summed E-state index contributed by atoms with van der Waals surface area (Å²) in [6.45, 7) is 0.742. The second-order valence-electron chi connectivity index (χ2n) is 6.84. The highest BCUT2D eigenvalue weighted by Gasteiger charge is 2.26. The first-order valence-electron chi connectivity index (χ1n) is 8.92. The van der Waals surface area contributed by atoms with Crippen molar-refractivity contribution in [1.29, 1.82) is 0 Å². The number of anilines is 2. The number of fused-ring (bicyclic) bond motifs is 2. The van der Waals surface area contributed by atoms with Gasteiger partial charge in [-0.15, -0.1) is 0 Å². The molecule has 0 radical (unpaired) electrons. The normalized spacial score (nSPS) is 16.5. The molecule has 1 fully saturated rings. The summed E-state index contributed by atoms with van der Waals surface area (Å²) < 4.78 is 25.7. The highest BCUT2D eigenvalue weighted by atomic mass is 79.9. The third kappa shape index (κ3) is 3.10. The molecule has 5 rings (SSSR count). The number of sulfone groups is 1. The number of nitrogens with zero attached hydrogens (tertiary/aromatic N) is 6. The lowest BCUT2D eigenvalue weighted by atomic mass is 10.1. The first-order valence-corrected chi connectivity index (χ1v) is 11.5. The van der Waals surface area contributed by atoms with Crippen LogP contribution in [0.15, 0.2) is 41.3 Å². The first kappa shape index (κ1) is 18.3. The van der Waals surface area contributed by atoms with E-state index in [1.54, 1.807) is 23.1 Å². The predicted octanol–water partition coefficient (Wildman–Crippen LogP) is 1.92. The van der Waals surface area contributed by atoms with Crippen molar-refractivity contribution in [3.8, 4) is 11.1 Å². The van der Waals surface area contributed by atoms with E-state index in [0.717, 1.165) is 16.5 Å². The van der Waals surface area contributed by atoms with Crippen LogP contribution in [-0.4, -0.2) is 57.6 Å². The molecule has 11 heteroatoms. The van der Waals surface area contributed by atoms with Gasteiger partial charge in [0.05, 0.1) is 17.7 Å².